The van der Waals surface area contributed by atoms with Crippen molar-refractivity contribution in [2.45, 2.75) is 110 Å². The molecule has 2 N–H and O–H groups in total. The molecule has 0 aliphatic rings. The molecule has 0 aliphatic heterocycles. The van der Waals surface area contributed by atoms with Gasteiger partial charge < -0.3 is 0 Å². The highest BCUT2D eigenvalue weighted by atomic mass is 35.5. The van der Waals surface area contributed by atoms with Crippen molar-refractivity contribution in [1.29, 1.82) is 0 Å². The van der Waals surface area contributed by atoms with Gasteiger partial charge in [0, 0.05) is 12.4 Å². The van der Waals surface area contributed by atoms with Gasteiger partial charge in [-0.15, -0.1) is 11.6 Å². The summed E-state index contributed by atoms with van der Waals surface area (Å²) in [5, 5.41) is 15.6. The van der Waals surface area contributed by atoms with Gasteiger partial charge in [-0.2, -0.15) is 0 Å². The van der Waals surface area contributed by atoms with Crippen LogP contribution in [0.1, 0.15) is 110 Å². The van der Waals surface area contributed by atoms with E-state index in [4.69, 9.17) is 22.0 Å². The Kier molecular flexibility index (Phi) is 28.4. The normalized spacial score (nSPS) is 11.1. The van der Waals surface area contributed by atoms with Gasteiger partial charge in [0.2, 0.25) is 0 Å². The van der Waals surface area contributed by atoms with E-state index in [-0.39, 0.29) is 11.8 Å². The second kappa shape index (κ2) is 26.1. The first-order valence-electron chi connectivity index (χ1n) is 10.5. The summed E-state index contributed by atoms with van der Waals surface area (Å²) >= 11 is 5.66. The number of alkyl halides is 1. The van der Waals surface area contributed by atoms with E-state index in [1.165, 1.54) is 96.3 Å². The Balaban J connectivity index is 0. The molecule has 4 heteroatoms. The minimum Gasteiger partial charge on any atom is -0.290 e. The molecule has 0 spiro atoms. The molecule has 152 valence electrons. The van der Waals surface area contributed by atoms with Crippen molar-refractivity contribution >= 4 is 11.6 Å². The molecule has 0 amide bonds. The summed E-state index contributed by atoms with van der Waals surface area (Å²) < 4.78 is 0. The van der Waals surface area contributed by atoms with E-state index in [1.54, 1.807) is 6.92 Å². The Hall–Kier alpha value is -0.0900. The van der Waals surface area contributed by atoms with Crippen molar-refractivity contribution in [2.75, 3.05) is 12.4 Å². The standard InChI is InChI=1S/C19H37Cl.C2H7NO2/c1-2-3-4-5-6-7-8-9-10-11-12-13-14-15-16-17-18-19-20;1-2-3(4)5/h9-10H,2-8,11-19H2,1H3;4-5H,2H2,1H3/b10-9-;. The van der Waals surface area contributed by atoms with E-state index < -0.39 is 0 Å². The quantitative estimate of drug-likeness (QED) is 0.118. The van der Waals surface area contributed by atoms with E-state index in [1.807, 2.05) is 0 Å². The van der Waals surface area contributed by atoms with Crippen molar-refractivity contribution < 1.29 is 10.4 Å². The molecule has 0 heterocycles. The third-order valence-electron chi connectivity index (χ3n) is 4.18. The van der Waals surface area contributed by atoms with Crippen LogP contribution in [0.15, 0.2) is 12.2 Å². The molecule has 0 bridgehead atoms. The average molecular weight is 378 g/mol. The Bertz CT molecular complexity index is 248. The van der Waals surface area contributed by atoms with Crippen LogP contribution in [0.3, 0.4) is 0 Å². The molecule has 0 saturated heterocycles. The maximum absolute atomic E-state index is 7.75. The highest BCUT2D eigenvalue weighted by Crippen LogP contribution is 2.10. The maximum Gasteiger partial charge on any atom is 0.0484 e. The van der Waals surface area contributed by atoms with Gasteiger partial charge >= 0.3 is 0 Å². The third kappa shape index (κ3) is 32.1. The number of rotatable bonds is 17. The Morgan fingerprint density at radius 1 is 0.640 bits per heavy atom. The van der Waals surface area contributed by atoms with Crippen molar-refractivity contribution in [3.63, 3.8) is 0 Å². The van der Waals surface area contributed by atoms with Gasteiger partial charge in [0.1, 0.15) is 0 Å². The Labute approximate surface area is 162 Å². The first-order chi connectivity index (χ1) is 12.2. The number of nitrogens with zero attached hydrogens (tertiary/aromatic N) is 1. The van der Waals surface area contributed by atoms with Crippen LogP contribution in [0.25, 0.3) is 0 Å². The fourth-order valence-corrected chi connectivity index (χ4v) is 2.71. The zero-order valence-corrected chi connectivity index (χ0v) is 17.7. The minimum atomic E-state index is 0.125. The van der Waals surface area contributed by atoms with Crippen molar-refractivity contribution in [3.05, 3.63) is 12.2 Å². The van der Waals surface area contributed by atoms with Crippen molar-refractivity contribution in [3.8, 4) is 0 Å². The Morgan fingerprint density at radius 2 is 1.00 bits per heavy atom. The highest BCUT2D eigenvalue weighted by Gasteiger charge is 1.91. The summed E-state index contributed by atoms with van der Waals surface area (Å²) in [7, 11) is 0. The zero-order valence-electron chi connectivity index (χ0n) is 16.9. The molecule has 0 saturated carbocycles. The number of halogens is 1. The molecule has 25 heavy (non-hydrogen) atoms. The molecule has 0 aliphatic carbocycles. The fourth-order valence-electron chi connectivity index (χ4n) is 2.52. The van der Waals surface area contributed by atoms with Crippen LogP contribution >= 0.6 is 11.6 Å². The number of hydrogen-bond donors (Lipinski definition) is 2. The molecule has 0 radical (unpaired) electrons. The van der Waals surface area contributed by atoms with E-state index in [9.17, 15) is 0 Å². The number of hydrogen-bond acceptors (Lipinski definition) is 3. The molecule has 0 fully saturated rings. The lowest BCUT2D eigenvalue weighted by atomic mass is 10.1. The van der Waals surface area contributed by atoms with Crippen LogP contribution in [-0.2, 0) is 0 Å². The molecule has 0 aromatic rings. The zero-order chi connectivity index (χ0) is 19.0. The fraction of sp³-hybridized carbons (Fsp3) is 0.905. The Morgan fingerprint density at radius 3 is 1.36 bits per heavy atom. The average Bonchev–Trinajstić information content (AvgIpc) is 2.62. The summed E-state index contributed by atoms with van der Waals surface area (Å²) in [6.45, 7) is 4.16. The van der Waals surface area contributed by atoms with Crippen LogP contribution in [0.4, 0.5) is 0 Å². The minimum absolute atomic E-state index is 0.125. The van der Waals surface area contributed by atoms with E-state index in [0.29, 0.717) is 0 Å². The summed E-state index contributed by atoms with van der Waals surface area (Å²) in [5.41, 5.74) is 0. The lowest BCUT2D eigenvalue weighted by molar-refractivity contribution is -0.303. The van der Waals surface area contributed by atoms with Crippen LogP contribution in [0.5, 0.6) is 0 Å². The molecule has 3 nitrogen and oxygen atoms in total. The summed E-state index contributed by atoms with van der Waals surface area (Å²) in [4.78, 5) is 0. The van der Waals surface area contributed by atoms with Gasteiger partial charge in [-0.05, 0) is 39.0 Å². The smallest absolute Gasteiger partial charge is 0.0484 e. The van der Waals surface area contributed by atoms with Crippen LogP contribution < -0.4 is 0 Å². The summed E-state index contributed by atoms with van der Waals surface area (Å²) in [5.74, 6) is 0.837. The summed E-state index contributed by atoms with van der Waals surface area (Å²) in [6.07, 6.45) is 25.3. The van der Waals surface area contributed by atoms with E-state index in [0.717, 1.165) is 5.88 Å². The number of allylic oxidation sites excluding steroid dienone is 2. The van der Waals surface area contributed by atoms with E-state index in [2.05, 4.69) is 19.1 Å². The molecule has 0 unspecified atom stereocenters. The van der Waals surface area contributed by atoms with Gasteiger partial charge in [0.15, 0.2) is 0 Å². The molecule has 0 rings (SSSR count). The molecule has 0 atom stereocenters. The van der Waals surface area contributed by atoms with Crippen molar-refractivity contribution in [2.24, 2.45) is 0 Å². The predicted octanol–water partition coefficient (Wildman–Crippen LogP) is 7.74. The first kappa shape index (κ1) is 27.1. The van der Waals surface area contributed by atoms with Crippen LogP contribution in [0, 0.1) is 0 Å². The van der Waals surface area contributed by atoms with Gasteiger partial charge in [-0.3, -0.25) is 10.4 Å². The molecule has 0 aromatic heterocycles. The molecular weight excluding hydrogens is 334 g/mol. The molecule has 0 aromatic carbocycles. The monoisotopic (exact) mass is 377 g/mol. The first-order valence-corrected chi connectivity index (χ1v) is 11.1. The summed E-state index contributed by atoms with van der Waals surface area (Å²) in [6, 6.07) is 0. The third-order valence-corrected chi connectivity index (χ3v) is 4.45. The van der Waals surface area contributed by atoms with Gasteiger partial charge in [-0.1, -0.05) is 88.5 Å². The lowest BCUT2D eigenvalue weighted by Crippen LogP contribution is -2.10. The van der Waals surface area contributed by atoms with Gasteiger partial charge in [0.25, 0.3) is 0 Å². The molecular formula is C21H44ClNO2. The number of unbranched alkanes of at least 4 members (excludes halogenated alkanes) is 13. The topological polar surface area (TPSA) is 43.7 Å². The lowest BCUT2D eigenvalue weighted by Gasteiger charge is -2.00. The van der Waals surface area contributed by atoms with Gasteiger partial charge in [0.05, 0.1) is 0 Å². The van der Waals surface area contributed by atoms with Crippen LogP contribution in [-0.4, -0.2) is 28.1 Å². The maximum atomic E-state index is 7.75. The predicted molar refractivity (Wildman–Crippen MR) is 111 cm³/mol. The van der Waals surface area contributed by atoms with Gasteiger partial charge in [-0.25, -0.2) is 0 Å². The number of hydroxylamine groups is 2. The van der Waals surface area contributed by atoms with E-state index >= 15 is 0 Å². The largest absolute Gasteiger partial charge is 0.290 e. The SMILES string of the molecule is CCCCCCCC/C=C\CCCCCCCCCCl.CCN(O)O. The van der Waals surface area contributed by atoms with Crippen LogP contribution in [0.2, 0.25) is 0 Å². The second-order valence-electron chi connectivity index (χ2n) is 6.67. The highest BCUT2D eigenvalue weighted by molar-refractivity contribution is 6.17. The second-order valence-corrected chi connectivity index (χ2v) is 7.05. The van der Waals surface area contributed by atoms with Crippen molar-refractivity contribution in [1.82, 2.24) is 5.23 Å².